The van der Waals surface area contributed by atoms with Crippen molar-refractivity contribution in [2.75, 3.05) is 31.1 Å². The molecule has 0 radical (unpaired) electrons. The zero-order valence-electron chi connectivity index (χ0n) is 9.73. The molecule has 0 aromatic carbocycles. The van der Waals surface area contributed by atoms with Gasteiger partial charge < -0.3 is 15.2 Å². The number of rotatable bonds is 1. The molecule has 0 unspecified atom stereocenters. The van der Waals surface area contributed by atoms with Crippen LogP contribution in [0, 0.1) is 0 Å². The second-order valence-corrected chi connectivity index (χ2v) is 3.80. The molecule has 3 N–H and O–H groups in total. The Morgan fingerprint density at radius 2 is 2.12 bits per heavy atom. The minimum Gasteiger partial charge on any atom is -0.354 e. The van der Waals surface area contributed by atoms with Gasteiger partial charge >= 0.3 is 5.69 Å². The molecule has 16 heavy (non-hydrogen) atoms. The summed E-state index contributed by atoms with van der Waals surface area (Å²) in [6.07, 6.45) is 0. The summed E-state index contributed by atoms with van der Waals surface area (Å²) < 4.78 is 7.49. The number of pyridine rings is 1. The Kier molecular flexibility index (Phi) is 1.90. The number of fused-ring (bicyclic) bond motifs is 1. The van der Waals surface area contributed by atoms with Gasteiger partial charge in [0.1, 0.15) is 7.23 Å². The maximum Gasteiger partial charge on any atom is 0.325 e. The summed E-state index contributed by atoms with van der Waals surface area (Å²) >= 11 is 0. The quantitative estimate of drug-likeness (QED) is 0.614. The van der Waals surface area contributed by atoms with Gasteiger partial charge in [-0.25, -0.2) is 9.78 Å². The molecule has 0 bridgehead atoms. The highest BCUT2D eigenvalue weighted by molar-refractivity contribution is 5.72. The molecule has 84 valence electrons. The molecular formula is C10H13N5O. The van der Waals surface area contributed by atoms with Crippen LogP contribution in [0.1, 0.15) is 0 Å². The van der Waals surface area contributed by atoms with Crippen LogP contribution in [-0.4, -0.2) is 41.1 Å². The van der Waals surface area contributed by atoms with E-state index < -0.39 is 0 Å². The smallest absolute Gasteiger partial charge is 0.325 e. The van der Waals surface area contributed by atoms with E-state index in [1.54, 1.807) is 5.31 Å². The molecule has 3 heterocycles. The van der Waals surface area contributed by atoms with Crippen LogP contribution in [0.15, 0.2) is 16.9 Å². The Morgan fingerprint density at radius 1 is 1.31 bits per heavy atom. The fraction of sp³-hybridized carbons (Fsp3) is 0.400. The first kappa shape index (κ1) is 8.35. The minimum absolute atomic E-state index is 0.236. The maximum atomic E-state index is 11.1. The highest BCUT2D eigenvalue weighted by Crippen LogP contribution is 2.14. The molecule has 0 atom stereocenters. The molecule has 0 amide bonds. The fourth-order valence-electron chi connectivity index (χ4n) is 1.92. The van der Waals surface area contributed by atoms with Crippen molar-refractivity contribution in [3.63, 3.8) is 0 Å². The van der Waals surface area contributed by atoms with Crippen molar-refractivity contribution in [1.29, 1.82) is 0 Å². The lowest BCUT2D eigenvalue weighted by molar-refractivity contribution is 0.585. The van der Waals surface area contributed by atoms with Gasteiger partial charge in [-0.1, -0.05) is 0 Å². The molecule has 0 aliphatic carbocycles. The predicted molar refractivity (Wildman–Crippen MR) is 61.8 cm³/mol. The van der Waals surface area contributed by atoms with Gasteiger partial charge in [0.05, 0.1) is 5.52 Å². The van der Waals surface area contributed by atoms with E-state index in [9.17, 15) is 4.79 Å². The number of hydrogen-bond donors (Lipinski definition) is 3. The zero-order valence-corrected chi connectivity index (χ0v) is 8.73. The third kappa shape index (κ3) is 1.57. The molecule has 1 aliphatic heterocycles. The third-order valence-corrected chi connectivity index (χ3v) is 2.74. The van der Waals surface area contributed by atoms with E-state index in [1.165, 1.54) is 0 Å². The van der Waals surface area contributed by atoms with Crippen molar-refractivity contribution in [1.82, 2.24) is 20.3 Å². The number of anilines is 1. The van der Waals surface area contributed by atoms with Gasteiger partial charge in [-0.05, 0) is 12.1 Å². The van der Waals surface area contributed by atoms with Crippen molar-refractivity contribution in [3.05, 3.63) is 22.6 Å². The second-order valence-electron chi connectivity index (χ2n) is 3.80. The van der Waals surface area contributed by atoms with Gasteiger partial charge in [-0.3, -0.25) is 4.98 Å². The molecule has 6 heteroatoms. The van der Waals surface area contributed by atoms with Crippen molar-refractivity contribution < 1.29 is 1.41 Å². The standard InChI is InChI=1S/C10H13N5O/c16-10-12-7-1-2-8(13-9(7)14-10)15-5-3-11-4-6-15/h1-2,11H,3-6H2,(H2,12,13,14,16)/i/hD. The van der Waals surface area contributed by atoms with Crippen LogP contribution in [0.2, 0.25) is 1.41 Å². The first-order valence-corrected chi connectivity index (χ1v) is 5.30. The van der Waals surface area contributed by atoms with Gasteiger partial charge in [0.25, 0.3) is 0 Å². The molecule has 3 rings (SSSR count). The average molecular weight is 220 g/mol. The Balaban J connectivity index is 1.92. The van der Waals surface area contributed by atoms with Crippen LogP contribution in [0.4, 0.5) is 5.82 Å². The van der Waals surface area contributed by atoms with Gasteiger partial charge in [0, 0.05) is 26.2 Å². The van der Waals surface area contributed by atoms with Gasteiger partial charge in [0.2, 0.25) is 0 Å². The molecular weight excluding hydrogens is 206 g/mol. The monoisotopic (exact) mass is 220 g/mol. The Hall–Kier alpha value is -1.82. The maximum absolute atomic E-state index is 11.1. The molecule has 6 nitrogen and oxygen atoms in total. The van der Waals surface area contributed by atoms with Crippen LogP contribution in [0.25, 0.3) is 11.2 Å². The molecule has 1 aliphatic rings. The van der Waals surface area contributed by atoms with Crippen LogP contribution >= 0.6 is 0 Å². The Morgan fingerprint density at radius 3 is 2.94 bits per heavy atom. The zero-order chi connectivity index (χ0) is 11.8. The number of nitrogens with zero attached hydrogens (tertiary/aromatic N) is 2. The lowest BCUT2D eigenvalue weighted by Gasteiger charge is -2.28. The number of aromatic amines is 2. The van der Waals surface area contributed by atoms with E-state index in [-0.39, 0.29) is 5.69 Å². The summed E-state index contributed by atoms with van der Waals surface area (Å²) in [4.78, 5) is 23.0. The van der Waals surface area contributed by atoms with Crippen LogP contribution in [0.3, 0.4) is 0 Å². The third-order valence-electron chi connectivity index (χ3n) is 2.74. The summed E-state index contributed by atoms with van der Waals surface area (Å²) in [5.41, 5.74) is 1.07. The lowest BCUT2D eigenvalue weighted by Crippen LogP contribution is -2.43. The largest absolute Gasteiger partial charge is 0.354 e. The summed E-state index contributed by atoms with van der Waals surface area (Å²) in [6, 6.07) is 3.74. The number of H-pyrrole nitrogens is 2. The minimum atomic E-state index is -0.236. The van der Waals surface area contributed by atoms with Gasteiger partial charge in [0.15, 0.2) is 5.65 Å². The second kappa shape index (κ2) is 3.64. The molecule has 0 spiro atoms. The SMILES string of the molecule is [2H]N1CCN(c2ccc3[nH]c(=O)[nH]c3n2)CC1. The first-order valence-electron chi connectivity index (χ1n) is 5.75. The number of piperazine rings is 1. The van der Waals surface area contributed by atoms with Crippen molar-refractivity contribution >= 4 is 17.0 Å². The van der Waals surface area contributed by atoms with Crippen LogP contribution in [0.5, 0.6) is 0 Å². The van der Waals surface area contributed by atoms with Crippen molar-refractivity contribution in [2.45, 2.75) is 0 Å². The van der Waals surface area contributed by atoms with E-state index >= 15 is 0 Å². The van der Waals surface area contributed by atoms with E-state index in [0.29, 0.717) is 18.7 Å². The topological polar surface area (TPSA) is 76.8 Å². The van der Waals surface area contributed by atoms with Crippen molar-refractivity contribution in [2.24, 2.45) is 0 Å². The normalized spacial score (nSPS) is 19.0. The van der Waals surface area contributed by atoms with Gasteiger partial charge in [-0.2, -0.15) is 0 Å². The molecule has 0 saturated carbocycles. The summed E-state index contributed by atoms with van der Waals surface area (Å²) in [5.74, 6) is 0.848. The predicted octanol–water partition coefficient (Wildman–Crippen LogP) is -0.339. The summed E-state index contributed by atoms with van der Waals surface area (Å²) in [6.45, 7) is 3.00. The van der Waals surface area contributed by atoms with Gasteiger partial charge in [-0.15, -0.1) is 0 Å². The Labute approximate surface area is 93.1 Å². The highest BCUT2D eigenvalue weighted by atomic mass is 16.1. The first-order chi connectivity index (χ1) is 8.22. The summed E-state index contributed by atoms with van der Waals surface area (Å²) in [5, 5.41) is 1.55. The van der Waals surface area contributed by atoms with Crippen LogP contribution in [-0.2, 0) is 0 Å². The number of nitrogens with one attached hydrogen (secondary N) is 3. The highest BCUT2D eigenvalue weighted by Gasteiger charge is 2.12. The van der Waals surface area contributed by atoms with E-state index in [4.69, 9.17) is 1.41 Å². The molecule has 1 saturated heterocycles. The molecule has 2 aromatic rings. The number of imidazole rings is 1. The van der Waals surface area contributed by atoms with E-state index in [1.807, 2.05) is 12.1 Å². The molecule has 2 aromatic heterocycles. The number of aromatic nitrogens is 3. The van der Waals surface area contributed by atoms with Crippen molar-refractivity contribution in [3.8, 4) is 0 Å². The summed E-state index contributed by atoms with van der Waals surface area (Å²) in [7, 11) is 0. The number of hydrogen-bond acceptors (Lipinski definition) is 4. The van der Waals surface area contributed by atoms with E-state index in [0.717, 1.165) is 24.4 Å². The molecule has 1 fully saturated rings. The van der Waals surface area contributed by atoms with E-state index in [2.05, 4.69) is 19.9 Å². The fourth-order valence-corrected chi connectivity index (χ4v) is 1.92. The van der Waals surface area contributed by atoms with Crippen LogP contribution < -0.4 is 15.9 Å². The lowest BCUT2D eigenvalue weighted by atomic mass is 10.3. The Bertz CT molecular complexity index is 584. The average Bonchev–Trinajstić information content (AvgIpc) is 2.69.